The zero-order valence-corrected chi connectivity index (χ0v) is 10.7. The maximum absolute atomic E-state index is 6.00. The summed E-state index contributed by atoms with van der Waals surface area (Å²) in [5, 5.41) is 1.16. The Bertz CT molecular complexity index is 718. The molecule has 0 amide bonds. The highest BCUT2D eigenvalue weighted by atomic mass is 15.1. The van der Waals surface area contributed by atoms with E-state index < -0.39 is 0 Å². The average Bonchev–Trinajstić information content (AvgIpc) is 3.04. The molecule has 0 radical (unpaired) electrons. The predicted octanol–water partition coefficient (Wildman–Crippen LogP) is 2.36. The van der Waals surface area contributed by atoms with Gasteiger partial charge >= 0.3 is 0 Å². The molecule has 0 unspecified atom stereocenters. The molecule has 1 saturated carbocycles. The maximum atomic E-state index is 6.00. The summed E-state index contributed by atoms with van der Waals surface area (Å²) in [5.41, 5.74) is 9.10. The van der Waals surface area contributed by atoms with Crippen LogP contribution in [0.5, 0.6) is 0 Å². The second kappa shape index (κ2) is 4.06. The van der Waals surface area contributed by atoms with Crippen LogP contribution in [0.25, 0.3) is 22.1 Å². The van der Waals surface area contributed by atoms with Crippen molar-refractivity contribution in [2.45, 2.75) is 37.8 Å². The molecule has 0 bridgehead atoms. The van der Waals surface area contributed by atoms with E-state index in [1.54, 1.807) is 0 Å². The molecule has 3 aromatic heterocycles. The third-order valence-electron chi connectivity index (χ3n) is 4.25. The van der Waals surface area contributed by atoms with E-state index in [4.69, 9.17) is 5.73 Å². The smallest absolute Gasteiger partial charge is 0.139 e. The van der Waals surface area contributed by atoms with Crippen molar-refractivity contribution >= 4 is 22.1 Å². The third-order valence-corrected chi connectivity index (χ3v) is 4.25. The molecule has 0 saturated heterocycles. The molecule has 1 aliphatic carbocycles. The number of imidazole rings is 1. The van der Waals surface area contributed by atoms with E-state index in [0.29, 0.717) is 12.1 Å². The van der Waals surface area contributed by atoms with Gasteiger partial charge in [-0.2, -0.15) is 0 Å². The summed E-state index contributed by atoms with van der Waals surface area (Å²) in [5.74, 6) is 0. The van der Waals surface area contributed by atoms with E-state index in [-0.39, 0.29) is 0 Å². The highest BCUT2D eigenvalue weighted by molar-refractivity contribution is 6.00. The SMILES string of the molecule is N[C@H]1CC[C@@H](n2cnc3cnc4[nH]ccc4c32)CC1. The molecular weight excluding hydrogens is 238 g/mol. The molecule has 3 aromatic rings. The summed E-state index contributed by atoms with van der Waals surface area (Å²) in [6.07, 6.45) is 10.2. The van der Waals surface area contributed by atoms with Crippen LogP contribution in [-0.4, -0.2) is 25.6 Å². The Kier molecular flexibility index (Phi) is 2.35. The number of rotatable bonds is 1. The number of aromatic nitrogens is 4. The van der Waals surface area contributed by atoms with Gasteiger partial charge in [-0.25, -0.2) is 9.97 Å². The first-order chi connectivity index (χ1) is 9.33. The minimum Gasteiger partial charge on any atom is -0.346 e. The number of aromatic amines is 1. The molecule has 4 rings (SSSR count). The molecule has 5 heteroatoms. The lowest BCUT2D eigenvalue weighted by atomic mass is 9.91. The first kappa shape index (κ1) is 11.0. The summed E-state index contributed by atoms with van der Waals surface area (Å²) >= 11 is 0. The van der Waals surface area contributed by atoms with Gasteiger partial charge in [0.15, 0.2) is 0 Å². The fraction of sp³-hybridized carbons (Fsp3) is 0.429. The van der Waals surface area contributed by atoms with Gasteiger partial charge in [0.2, 0.25) is 0 Å². The van der Waals surface area contributed by atoms with Gasteiger partial charge in [0.1, 0.15) is 11.2 Å². The lowest BCUT2D eigenvalue weighted by molar-refractivity contribution is 0.329. The van der Waals surface area contributed by atoms with Crippen molar-refractivity contribution in [3.8, 4) is 0 Å². The second-order valence-corrected chi connectivity index (χ2v) is 5.45. The van der Waals surface area contributed by atoms with Crippen LogP contribution in [0, 0.1) is 0 Å². The van der Waals surface area contributed by atoms with Crippen molar-refractivity contribution in [3.05, 3.63) is 24.8 Å². The van der Waals surface area contributed by atoms with Crippen LogP contribution in [0.3, 0.4) is 0 Å². The number of H-pyrrole nitrogens is 1. The first-order valence-corrected chi connectivity index (χ1v) is 6.87. The van der Waals surface area contributed by atoms with Gasteiger partial charge in [-0.1, -0.05) is 0 Å². The Morgan fingerprint density at radius 2 is 2.05 bits per heavy atom. The molecule has 0 aliphatic heterocycles. The van der Waals surface area contributed by atoms with E-state index in [9.17, 15) is 0 Å². The molecule has 0 aromatic carbocycles. The lowest BCUT2D eigenvalue weighted by Gasteiger charge is -2.27. The Morgan fingerprint density at radius 1 is 1.21 bits per heavy atom. The van der Waals surface area contributed by atoms with Gasteiger partial charge in [0.25, 0.3) is 0 Å². The van der Waals surface area contributed by atoms with Crippen molar-refractivity contribution in [1.82, 2.24) is 19.5 Å². The second-order valence-electron chi connectivity index (χ2n) is 5.45. The van der Waals surface area contributed by atoms with Gasteiger partial charge in [-0.3, -0.25) is 0 Å². The van der Waals surface area contributed by atoms with Crippen molar-refractivity contribution in [1.29, 1.82) is 0 Å². The van der Waals surface area contributed by atoms with Gasteiger partial charge < -0.3 is 15.3 Å². The third kappa shape index (κ3) is 1.65. The average molecular weight is 255 g/mol. The summed E-state index contributed by atoms with van der Waals surface area (Å²) in [4.78, 5) is 12.1. The summed E-state index contributed by atoms with van der Waals surface area (Å²) in [6, 6.07) is 2.97. The van der Waals surface area contributed by atoms with Crippen LogP contribution >= 0.6 is 0 Å². The largest absolute Gasteiger partial charge is 0.346 e. The lowest BCUT2D eigenvalue weighted by Crippen LogP contribution is -2.27. The molecule has 5 nitrogen and oxygen atoms in total. The van der Waals surface area contributed by atoms with Crippen molar-refractivity contribution in [2.75, 3.05) is 0 Å². The molecule has 3 N–H and O–H groups in total. The van der Waals surface area contributed by atoms with Crippen LogP contribution in [0.1, 0.15) is 31.7 Å². The number of nitrogens with two attached hydrogens (primary N) is 1. The summed E-state index contributed by atoms with van der Waals surface area (Å²) < 4.78 is 2.32. The number of fused-ring (bicyclic) bond motifs is 3. The van der Waals surface area contributed by atoms with E-state index in [1.807, 2.05) is 18.7 Å². The van der Waals surface area contributed by atoms with Gasteiger partial charge in [0, 0.05) is 23.7 Å². The number of nitrogens with one attached hydrogen (secondary N) is 1. The van der Waals surface area contributed by atoms with Crippen molar-refractivity contribution in [3.63, 3.8) is 0 Å². The normalized spacial score (nSPS) is 24.3. The molecule has 1 fully saturated rings. The van der Waals surface area contributed by atoms with Crippen LogP contribution < -0.4 is 5.73 Å². The topological polar surface area (TPSA) is 72.5 Å². The number of hydrogen-bond acceptors (Lipinski definition) is 3. The Balaban J connectivity index is 1.87. The quantitative estimate of drug-likeness (QED) is 0.701. The van der Waals surface area contributed by atoms with Gasteiger partial charge in [-0.05, 0) is 31.7 Å². The maximum Gasteiger partial charge on any atom is 0.139 e. The molecular formula is C14H17N5. The minimum absolute atomic E-state index is 0.375. The zero-order chi connectivity index (χ0) is 12.8. The van der Waals surface area contributed by atoms with Crippen LogP contribution in [0.2, 0.25) is 0 Å². The van der Waals surface area contributed by atoms with E-state index in [1.165, 1.54) is 5.52 Å². The fourth-order valence-electron chi connectivity index (χ4n) is 3.19. The monoisotopic (exact) mass is 255 g/mol. The predicted molar refractivity (Wildman–Crippen MR) is 74.9 cm³/mol. The molecule has 19 heavy (non-hydrogen) atoms. The van der Waals surface area contributed by atoms with Crippen molar-refractivity contribution < 1.29 is 0 Å². The van der Waals surface area contributed by atoms with Crippen LogP contribution in [0.4, 0.5) is 0 Å². The standard InChI is InChI=1S/C14H17N5/c15-9-1-3-10(4-2-9)19-8-18-12-7-17-14-11(13(12)19)5-6-16-14/h5-10H,1-4,15H2,(H,16,17)/t9-,10+. The van der Waals surface area contributed by atoms with E-state index in [2.05, 4.69) is 25.6 Å². The summed E-state index contributed by atoms with van der Waals surface area (Å²) in [7, 11) is 0. The molecule has 0 atom stereocenters. The highest BCUT2D eigenvalue weighted by Gasteiger charge is 2.22. The van der Waals surface area contributed by atoms with E-state index in [0.717, 1.165) is 42.2 Å². The number of pyridine rings is 1. The van der Waals surface area contributed by atoms with Gasteiger partial charge in [-0.15, -0.1) is 0 Å². The number of nitrogens with zero attached hydrogens (tertiary/aromatic N) is 3. The van der Waals surface area contributed by atoms with E-state index >= 15 is 0 Å². The highest BCUT2D eigenvalue weighted by Crippen LogP contribution is 2.32. The fourth-order valence-corrected chi connectivity index (χ4v) is 3.19. The molecule has 0 spiro atoms. The zero-order valence-electron chi connectivity index (χ0n) is 10.7. The Morgan fingerprint density at radius 3 is 2.89 bits per heavy atom. The van der Waals surface area contributed by atoms with Crippen LogP contribution in [0.15, 0.2) is 24.8 Å². The van der Waals surface area contributed by atoms with Gasteiger partial charge in [0.05, 0.1) is 18.0 Å². The minimum atomic E-state index is 0.375. The summed E-state index contributed by atoms with van der Waals surface area (Å²) in [6.45, 7) is 0. The van der Waals surface area contributed by atoms with Crippen LogP contribution in [-0.2, 0) is 0 Å². The molecule has 98 valence electrons. The number of hydrogen-bond donors (Lipinski definition) is 2. The first-order valence-electron chi connectivity index (χ1n) is 6.87. The Labute approximate surface area is 110 Å². The molecule has 3 heterocycles. The Hall–Kier alpha value is -1.88. The van der Waals surface area contributed by atoms with Crippen molar-refractivity contribution in [2.24, 2.45) is 5.73 Å². The molecule has 1 aliphatic rings.